The third-order valence-electron chi connectivity index (χ3n) is 5.48. The Morgan fingerprint density at radius 1 is 1.03 bits per heavy atom. The van der Waals surface area contributed by atoms with E-state index in [9.17, 15) is 10.2 Å². The summed E-state index contributed by atoms with van der Waals surface area (Å²) in [7, 11) is 4.12. The van der Waals surface area contributed by atoms with Crippen LogP contribution in [0, 0.1) is 0 Å². The second-order valence-corrected chi connectivity index (χ2v) is 8.14. The van der Waals surface area contributed by atoms with Gasteiger partial charge in [-0.15, -0.1) is 0 Å². The van der Waals surface area contributed by atoms with Crippen LogP contribution in [0.5, 0.6) is 11.5 Å². The van der Waals surface area contributed by atoms with E-state index < -0.39 is 0 Å². The number of anilines is 1. The molecule has 0 spiro atoms. The van der Waals surface area contributed by atoms with Gasteiger partial charge in [0.2, 0.25) is 0 Å². The minimum Gasteiger partial charge on any atom is -0.508 e. The largest absolute Gasteiger partial charge is 0.508 e. The molecule has 0 aliphatic heterocycles. The first kappa shape index (κ1) is 21.5. The van der Waals surface area contributed by atoms with E-state index in [4.69, 9.17) is 0 Å². The number of aromatic nitrogens is 2. The lowest BCUT2D eigenvalue weighted by Crippen LogP contribution is -2.18. The van der Waals surface area contributed by atoms with Gasteiger partial charge < -0.3 is 25.0 Å². The molecule has 0 saturated carbocycles. The van der Waals surface area contributed by atoms with Crippen LogP contribution in [-0.4, -0.2) is 45.3 Å². The summed E-state index contributed by atoms with van der Waals surface area (Å²) in [4.78, 5) is 6.64. The van der Waals surface area contributed by atoms with Gasteiger partial charge in [0.05, 0.1) is 5.69 Å². The second kappa shape index (κ2) is 9.16. The van der Waals surface area contributed by atoms with Gasteiger partial charge in [-0.2, -0.15) is 0 Å². The Bertz CT molecular complexity index is 1260. The highest BCUT2D eigenvalue weighted by Crippen LogP contribution is 2.31. The van der Waals surface area contributed by atoms with Crippen molar-refractivity contribution in [1.29, 1.82) is 0 Å². The maximum Gasteiger partial charge on any atom is 0.116 e. The van der Waals surface area contributed by atoms with Gasteiger partial charge in [-0.3, -0.25) is 4.98 Å². The molecule has 4 aromatic rings. The summed E-state index contributed by atoms with van der Waals surface area (Å²) < 4.78 is 2.28. The van der Waals surface area contributed by atoms with E-state index in [1.165, 1.54) is 0 Å². The van der Waals surface area contributed by atoms with Gasteiger partial charge in [0.1, 0.15) is 11.5 Å². The van der Waals surface area contributed by atoms with Crippen LogP contribution >= 0.6 is 0 Å². The Hall–Kier alpha value is -3.77. The van der Waals surface area contributed by atoms with Crippen molar-refractivity contribution in [3.8, 4) is 22.8 Å². The van der Waals surface area contributed by atoms with Crippen molar-refractivity contribution in [2.75, 3.05) is 26.0 Å². The molecule has 2 aromatic carbocycles. The topological polar surface area (TPSA) is 73.5 Å². The van der Waals surface area contributed by atoms with Crippen LogP contribution in [0.2, 0.25) is 0 Å². The van der Waals surface area contributed by atoms with Gasteiger partial charge in [0, 0.05) is 59.7 Å². The molecule has 0 radical (unpaired) electrons. The Kier molecular flexibility index (Phi) is 6.14. The number of benzene rings is 2. The molecule has 0 amide bonds. The molecule has 0 fully saturated rings. The maximum atomic E-state index is 9.94. The number of pyridine rings is 1. The highest BCUT2D eigenvalue weighted by atomic mass is 16.3. The Balaban J connectivity index is 1.65. The molecule has 0 aliphatic carbocycles. The minimum atomic E-state index is 0.214. The van der Waals surface area contributed by atoms with Crippen LogP contribution in [0.15, 0.2) is 67.5 Å². The zero-order chi connectivity index (χ0) is 22.7. The van der Waals surface area contributed by atoms with Crippen molar-refractivity contribution in [3.05, 3.63) is 78.6 Å². The second-order valence-electron chi connectivity index (χ2n) is 8.14. The molecule has 6 heteroatoms. The van der Waals surface area contributed by atoms with Crippen molar-refractivity contribution in [3.63, 3.8) is 0 Å². The third-order valence-corrected chi connectivity index (χ3v) is 5.48. The zero-order valence-corrected chi connectivity index (χ0v) is 18.4. The average molecular weight is 429 g/mol. The molecule has 164 valence electrons. The zero-order valence-electron chi connectivity index (χ0n) is 18.4. The molecule has 2 heterocycles. The van der Waals surface area contributed by atoms with Gasteiger partial charge in [-0.05, 0) is 68.2 Å². The molecule has 4 rings (SSSR count). The summed E-state index contributed by atoms with van der Waals surface area (Å²) in [5, 5.41) is 24.0. The van der Waals surface area contributed by atoms with Gasteiger partial charge >= 0.3 is 0 Å². The maximum absolute atomic E-state index is 9.94. The normalized spacial score (nSPS) is 11.2. The number of nitrogens with zero attached hydrogens (tertiary/aromatic N) is 3. The lowest BCUT2D eigenvalue weighted by Gasteiger charge is -2.15. The number of hydrogen-bond donors (Lipinski definition) is 3. The van der Waals surface area contributed by atoms with E-state index in [2.05, 4.69) is 52.6 Å². The molecule has 0 unspecified atom stereocenters. The number of likely N-dealkylation sites (N-methyl/N-ethyl adjacent to an activating group) is 1. The first-order valence-corrected chi connectivity index (χ1v) is 10.5. The minimum absolute atomic E-state index is 0.214. The smallest absolute Gasteiger partial charge is 0.116 e. The van der Waals surface area contributed by atoms with Crippen LogP contribution in [-0.2, 0) is 13.1 Å². The van der Waals surface area contributed by atoms with Crippen LogP contribution in [0.25, 0.3) is 28.2 Å². The van der Waals surface area contributed by atoms with Crippen LogP contribution in [0.1, 0.15) is 11.1 Å². The predicted molar refractivity (Wildman–Crippen MR) is 131 cm³/mol. The Morgan fingerprint density at radius 2 is 1.81 bits per heavy atom. The molecular weight excluding hydrogens is 400 g/mol. The number of fused-ring (bicyclic) bond motifs is 1. The van der Waals surface area contributed by atoms with E-state index >= 15 is 0 Å². The van der Waals surface area contributed by atoms with Crippen molar-refractivity contribution in [2.45, 2.75) is 13.1 Å². The fourth-order valence-corrected chi connectivity index (χ4v) is 3.84. The molecule has 0 bridgehead atoms. The van der Waals surface area contributed by atoms with Gasteiger partial charge in [-0.1, -0.05) is 12.7 Å². The first-order chi connectivity index (χ1) is 15.4. The summed E-state index contributed by atoms with van der Waals surface area (Å²) in [5.74, 6) is 0.475. The number of aromatic hydroxyl groups is 2. The number of rotatable bonds is 8. The monoisotopic (exact) mass is 428 g/mol. The number of phenols is 2. The SMILES string of the molecule is C=Cc1cc(O)ccc1NCc1cncc(-c2cc3cc(O)ccc3n2CCN(C)C)c1. The molecule has 2 aromatic heterocycles. The number of phenolic OH excluding ortho intramolecular Hbond substituents is 2. The highest BCUT2D eigenvalue weighted by molar-refractivity contribution is 5.88. The van der Waals surface area contributed by atoms with Crippen LogP contribution in [0.3, 0.4) is 0 Å². The molecule has 0 atom stereocenters. The lowest BCUT2D eigenvalue weighted by atomic mass is 10.1. The van der Waals surface area contributed by atoms with E-state index in [-0.39, 0.29) is 11.5 Å². The summed E-state index contributed by atoms with van der Waals surface area (Å²) >= 11 is 0. The number of nitrogens with one attached hydrogen (secondary N) is 1. The van der Waals surface area contributed by atoms with E-state index in [0.29, 0.717) is 6.54 Å². The predicted octanol–water partition coefficient (Wildman–Crippen LogP) is 4.93. The Labute approximate surface area is 188 Å². The fourth-order valence-electron chi connectivity index (χ4n) is 3.84. The standard InChI is InChI=1S/C26H28N4O2/c1-4-19-12-22(31)5-7-24(19)28-16-18-11-21(17-27-15-18)26-14-20-13-23(32)6-8-25(20)30(26)10-9-29(2)3/h4-8,11-15,17,28,31-32H,1,9-10,16H2,2-3H3. The lowest BCUT2D eigenvalue weighted by molar-refractivity contribution is 0.388. The summed E-state index contributed by atoms with van der Waals surface area (Å²) in [6.07, 6.45) is 5.44. The molecule has 6 nitrogen and oxygen atoms in total. The van der Waals surface area contributed by atoms with Crippen molar-refractivity contribution in [2.24, 2.45) is 0 Å². The third kappa shape index (κ3) is 4.60. The Morgan fingerprint density at radius 3 is 2.59 bits per heavy atom. The first-order valence-electron chi connectivity index (χ1n) is 10.5. The van der Waals surface area contributed by atoms with Crippen LogP contribution in [0.4, 0.5) is 5.69 Å². The molecule has 32 heavy (non-hydrogen) atoms. The quantitative estimate of drug-likeness (QED) is 0.347. The van der Waals surface area contributed by atoms with E-state index in [0.717, 1.165) is 52.1 Å². The van der Waals surface area contributed by atoms with Crippen molar-refractivity contribution in [1.82, 2.24) is 14.5 Å². The summed E-state index contributed by atoms with van der Waals surface area (Å²) in [6.45, 7) is 6.14. The van der Waals surface area contributed by atoms with Crippen LogP contribution < -0.4 is 5.32 Å². The summed E-state index contributed by atoms with van der Waals surface area (Å²) in [5.41, 5.74) is 5.96. The average Bonchev–Trinajstić information content (AvgIpc) is 3.14. The fraction of sp³-hybridized carbons (Fsp3) is 0.192. The molecule has 0 saturated heterocycles. The highest BCUT2D eigenvalue weighted by Gasteiger charge is 2.13. The van der Waals surface area contributed by atoms with E-state index in [1.807, 2.05) is 24.5 Å². The van der Waals surface area contributed by atoms with Crippen molar-refractivity contribution < 1.29 is 10.2 Å². The number of hydrogen-bond acceptors (Lipinski definition) is 5. The molecule has 3 N–H and O–H groups in total. The molecular formula is C26H28N4O2. The molecule has 0 aliphatic rings. The summed E-state index contributed by atoms with van der Waals surface area (Å²) in [6, 6.07) is 14.9. The van der Waals surface area contributed by atoms with Gasteiger partial charge in [0.15, 0.2) is 0 Å². The van der Waals surface area contributed by atoms with Gasteiger partial charge in [-0.25, -0.2) is 0 Å². The van der Waals surface area contributed by atoms with E-state index in [1.54, 1.807) is 30.3 Å². The van der Waals surface area contributed by atoms with Gasteiger partial charge in [0.25, 0.3) is 0 Å². The van der Waals surface area contributed by atoms with Crippen molar-refractivity contribution >= 4 is 22.7 Å².